The highest BCUT2D eigenvalue weighted by molar-refractivity contribution is 6.10. The lowest BCUT2D eigenvalue weighted by atomic mass is 9.99. The fourth-order valence-corrected chi connectivity index (χ4v) is 3.11. The number of carbonyl (C=O) groups is 1. The number of hydrogen-bond acceptors (Lipinski definition) is 11. The van der Waals surface area contributed by atoms with Gasteiger partial charge in [-0.15, -0.1) is 0 Å². The number of hydrogen-bond donors (Lipinski definition) is 8. The van der Waals surface area contributed by atoms with Gasteiger partial charge >= 0.3 is 0 Å². The number of phenolic OH excluding ortho intramolecular Hbond substituents is 4. The van der Waals surface area contributed by atoms with E-state index in [0.717, 1.165) is 18.2 Å². The summed E-state index contributed by atoms with van der Waals surface area (Å²) < 4.78 is 10.5. The molecule has 8 N–H and O–H groups in total. The number of phenols is 4. The Morgan fingerprint density at radius 2 is 1.56 bits per heavy atom. The van der Waals surface area contributed by atoms with Crippen LogP contribution in [0.15, 0.2) is 36.4 Å². The molecule has 0 bridgehead atoms. The number of ether oxygens (including phenoxy) is 2. The Morgan fingerprint density at radius 1 is 0.906 bits per heavy atom. The molecule has 1 saturated heterocycles. The summed E-state index contributed by atoms with van der Waals surface area (Å²) in [5, 5.41) is 78.0. The van der Waals surface area contributed by atoms with Crippen LogP contribution in [0.4, 0.5) is 0 Å². The minimum Gasteiger partial charge on any atom is -0.507 e. The molecule has 2 aromatic carbocycles. The molecule has 1 heterocycles. The molecule has 1 fully saturated rings. The highest BCUT2D eigenvalue weighted by Crippen LogP contribution is 2.35. The molecule has 5 atom stereocenters. The maximum Gasteiger partial charge on any atom is 0.229 e. The van der Waals surface area contributed by atoms with Crippen LogP contribution >= 0.6 is 0 Å². The zero-order valence-electron chi connectivity index (χ0n) is 16.4. The van der Waals surface area contributed by atoms with Gasteiger partial charge in [0.15, 0.2) is 17.3 Å². The van der Waals surface area contributed by atoms with Crippen LogP contribution in [-0.2, 0) is 4.74 Å². The number of carbonyl (C=O) groups excluding carboxylic acids is 1. The highest BCUT2D eigenvalue weighted by atomic mass is 16.7. The normalized spacial score (nSPS) is 25.7. The molecule has 3 rings (SSSR count). The summed E-state index contributed by atoms with van der Waals surface area (Å²) in [6.45, 7) is -0.667. The maximum atomic E-state index is 12.4. The van der Waals surface area contributed by atoms with E-state index in [4.69, 9.17) is 9.47 Å². The summed E-state index contributed by atoms with van der Waals surface area (Å²) in [7, 11) is 0. The van der Waals surface area contributed by atoms with Crippen LogP contribution in [0.5, 0.6) is 28.7 Å². The second kappa shape index (κ2) is 9.42. The van der Waals surface area contributed by atoms with Crippen molar-refractivity contribution in [3.05, 3.63) is 47.5 Å². The molecule has 0 aliphatic carbocycles. The topological polar surface area (TPSA) is 197 Å². The van der Waals surface area contributed by atoms with Crippen molar-refractivity contribution in [2.75, 3.05) is 6.61 Å². The highest BCUT2D eigenvalue weighted by Gasteiger charge is 2.44. The average molecular weight is 450 g/mol. The van der Waals surface area contributed by atoms with Crippen molar-refractivity contribution in [1.82, 2.24) is 0 Å². The van der Waals surface area contributed by atoms with Gasteiger partial charge in [-0.25, -0.2) is 0 Å². The van der Waals surface area contributed by atoms with Crippen molar-refractivity contribution < 1.29 is 55.1 Å². The Hall–Kier alpha value is -3.35. The molecule has 0 radical (unpaired) electrons. The van der Waals surface area contributed by atoms with Crippen LogP contribution < -0.4 is 4.74 Å². The molecule has 11 heteroatoms. The monoisotopic (exact) mass is 450 g/mol. The van der Waals surface area contributed by atoms with Crippen LogP contribution in [-0.4, -0.2) is 83.9 Å². The van der Waals surface area contributed by atoms with Crippen molar-refractivity contribution >= 4 is 11.9 Å². The molecule has 11 nitrogen and oxygen atoms in total. The standard InChI is InChI=1S/C21H22O11/c22-8-16-18(28)19(29)20(30)21(32-16)31-10-6-14(26)17(15(27)7-10)12(24)4-2-9-1-3-11(23)13(25)5-9/h1-7,16,18-23,25-30H,8H2/b4-2+/t16-,18+,19-,20-,21+/m0/s1. The van der Waals surface area contributed by atoms with Gasteiger partial charge in [0.1, 0.15) is 47.2 Å². The lowest BCUT2D eigenvalue weighted by Gasteiger charge is -2.39. The fraction of sp³-hybridized carbons (Fsp3) is 0.286. The van der Waals surface area contributed by atoms with Gasteiger partial charge in [0.2, 0.25) is 6.29 Å². The predicted molar refractivity (Wildman–Crippen MR) is 107 cm³/mol. The lowest BCUT2D eigenvalue weighted by Crippen LogP contribution is -2.60. The van der Waals surface area contributed by atoms with Crippen molar-refractivity contribution in [3.8, 4) is 28.7 Å². The Labute approximate surface area is 181 Å². The second-order valence-electron chi connectivity index (χ2n) is 7.10. The van der Waals surface area contributed by atoms with Gasteiger partial charge < -0.3 is 50.3 Å². The minimum absolute atomic E-state index is 0.228. The molecule has 2 aromatic rings. The van der Waals surface area contributed by atoms with Crippen LogP contribution in [0.25, 0.3) is 6.08 Å². The van der Waals surface area contributed by atoms with E-state index in [1.54, 1.807) is 0 Å². The van der Waals surface area contributed by atoms with Crippen molar-refractivity contribution in [2.45, 2.75) is 30.7 Å². The zero-order chi connectivity index (χ0) is 23.6. The van der Waals surface area contributed by atoms with Crippen LogP contribution in [0.3, 0.4) is 0 Å². The first-order valence-electron chi connectivity index (χ1n) is 9.40. The van der Waals surface area contributed by atoms with E-state index in [1.807, 2.05) is 0 Å². The minimum atomic E-state index is -1.71. The number of aliphatic hydroxyl groups excluding tert-OH is 4. The van der Waals surface area contributed by atoms with Crippen LogP contribution in [0.2, 0.25) is 0 Å². The summed E-state index contributed by atoms with van der Waals surface area (Å²) in [6.07, 6.45) is -5.42. The molecule has 1 aliphatic heterocycles. The summed E-state index contributed by atoms with van der Waals surface area (Å²) in [5.74, 6) is -3.06. The SMILES string of the molecule is O=C(/C=C/c1ccc(O)c(O)c1)c1c(O)cc(O[C@@H]2O[C@@H](CO)[C@@H](O)[C@H](O)[C@@H]2O)cc1O. The Kier molecular flexibility index (Phi) is 6.87. The largest absolute Gasteiger partial charge is 0.507 e. The van der Waals surface area contributed by atoms with E-state index in [9.17, 15) is 45.6 Å². The van der Waals surface area contributed by atoms with Gasteiger partial charge in [0, 0.05) is 12.1 Å². The van der Waals surface area contributed by atoms with Crippen LogP contribution in [0.1, 0.15) is 15.9 Å². The van der Waals surface area contributed by atoms with Crippen molar-refractivity contribution in [2.24, 2.45) is 0 Å². The van der Waals surface area contributed by atoms with E-state index >= 15 is 0 Å². The third-order valence-electron chi connectivity index (χ3n) is 4.84. The third kappa shape index (κ3) is 4.77. The maximum absolute atomic E-state index is 12.4. The van der Waals surface area contributed by atoms with Gasteiger partial charge in [0.05, 0.1) is 6.61 Å². The number of rotatable bonds is 6. The molecular formula is C21H22O11. The first-order valence-corrected chi connectivity index (χ1v) is 9.40. The van der Waals surface area contributed by atoms with Gasteiger partial charge in [-0.2, -0.15) is 0 Å². The number of aromatic hydroxyl groups is 4. The molecule has 32 heavy (non-hydrogen) atoms. The van der Waals surface area contributed by atoms with Gasteiger partial charge in [-0.3, -0.25) is 4.79 Å². The fourth-order valence-electron chi connectivity index (χ4n) is 3.11. The third-order valence-corrected chi connectivity index (χ3v) is 4.84. The Morgan fingerprint density at radius 3 is 2.16 bits per heavy atom. The van der Waals surface area contributed by atoms with Crippen LogP contribution in [0, 0.1) is 0 Å². The van der Waals surface area contributed by atoms with E-state index in [0.29, 0.717) is 5.56 Å². The molecule has 0 unspecified atom stereocenters. The number of aliphatic hydroxyl groups is 4. The van der Waals surface area contributed by atoms with E-state index in [-0.39, 0.29) is 17.2 Å². The van der Waals surface area contributed by atoms with Gasteiger partial charge in [-0.05, 0) is 23.8 Å². The number of ketones is 1. The summed E-state index contributed by atoms with van der Waals surface area (Å²) in [5.41, 5.74) is -0.0828. The van der Waals surface area contributed by atoms with Crippen molar-refractivity contribution in [1.29, 1.82) is 0 Å². The Bertz CT molecular complexity index is 994. The summed E-state index contributed by atoms with van der Waals surface area (Å²) in [4.78, 5) is 12.4. The average Bonchev–Trinajstić information content (AvgIpc) is 2.74. The summed E-state index contributed by atoms with van der Waals surface area (Å²) >= 11 is 0. The molecular weight excluding hydrogens is 428 g/mol. The first kappa shape index (κ1) is 23.3. The van der Waals surface area contributed by atoms with Gasteiger partial charge in [0.25, 0.3) is 0 Å². The van der Waals surface area contributed by atoms with E-state index < -0.39 is 60.2 Å². The smallest absolute Gasteiger partial charge is 0.229 e. The van der Waals surface area contributed by atoms with E-state index in [2.05, 4.69) is 0 Å². The molecule has 0 amide bonds. The quantitative estimate of drug-likeness (QED) is 0.162. The molecule has 1 aliphatic rings. The number of benzene rings is 2. The zero-order valence-corrected chi connectivity index (χ0v) is 16.4. The van der Waals surface area contributed by atoms with Gasteiger partial charge in [-0.1, -0.05) is 12.1 Å². The first-order chi connectivity index (χ1) is 15.1. The predicted octanol–water partition coefficient (Wildman–Crippen LogP) is -0.416. The number of allylic oxidation sites excluding steroid dienone is 1. The molecule has 0 aromatic heterocycles. The second-order valence-corrected chi connectivity index (χ2v) is 7.10. The van der Waals surface area contributed by atoms with Crippen molar-refractivity contribution in [3.63, 3.8) is 0 Å². The molecule has 172 valence electrons. The summed E-state index contributed by atoms with van der Waals surface area (Å²) in [6, 6.07) is 5.79. The molecule has 0 saturated carbocycles. The lowest BCUT2D eigenvalue weighted by molar-refractivity contribution is -0.277. The van der Waals surface area contributed by atoms with E-state index in [1.165, 1.54) is 24.3 Å². The molecule has 0 spiro atoms. The Balaban J connectivity index is 1.78.